The molecule has 0 saturated carbocycles. The lowest BCUT2D eigenvalue weighted by Crippen LogP contribution is -2.03. The second-order valence-corrected chi connectivity index (χ2v) is 3.12. The maximum Gasteiger partial charge on any atom is 0.358 e. The molecule has 6 nitrogen and oxygen atoms in total. The Hall–Kier alpha value is -2.24. The summed E-state index contributed by atoms with van der Waals surface area (Å²) in [6.07, 6.45) is 3.22. The Labute approximate surface area is 91.7 Å². The van der Waals surface area contributed by atoms with Crippen LogP contribution in [0.5, 0.6) is 0 Å². The van der Waals surface area contributed by atoms with Crippen molar-refractivity contribution >= 4 is 5.97 Å². The molecule has 0 saturated heterocycles. The molecule has 2 rings (SSSR count). The van der Waals surface area contributed by atoms with Gasteiger partial charge in [-0.15, -0.1) is 0 Å². The summed E-state index contributed by atoms with van der Waals surface area (Å²) >= 11 is 0. The van der Waals surface area contributed by atoms with Crippen LogP contribution in [0.1, 0.15) is 16.2 Å². The maximum atomic E-state index is 11.3. The van der Waals surface area contributed by atoms with Gasteiger partial charge in [-0.1, -0.05) is 0 Å². The van der Waals surface area contributed by atoms with Crippen LogP contribution in [0, 0.1) is 6.92 Å². The number of hydrogen-bond acceptors (Lipinski definition) is 5. The molecule has 0 amide bonds. The number of rotatable bonds is 2. The third-order valence-electron chi connectivity index (χ3n) is 2.04. The number of aromatic nitrogens is 4. The zero-order valence-corrected chi connectivity index (χ0v) is 8.89. The van der Waals surface area contributed by atoms with Gasteiger partial charge in [0.25, 0.3) is 0 Å². The summed E-state index contributed by atoms with van der Waals surface area (Å²) in [6.45, 7) is 1.74. The summed E-state index contributed by atoms with van der Waals surface area (Å²) in [4.78, 5) is 26.4. The van der Waals surface area contributed by atoms with Crippen LogP contribution in [0.3, 0.4) is 0 Å². The highest BCUT2D eigenvalue weighted by molar-refractivity contribution is 5.89. The van der Waals surface area contributed by atoms with E-state index in [1.807, 2.05) is 0 Å². The monoisotopic (exact) mass is 218 g/mol. The van der Waals surface area contributed by atoms with Gasteiger partial charge in [-0.3, -0.25) is 0 Å². The number of methoxy groups -OCH3 is 1. The fourth-order valence-corrected chi connectivity index (χ4v) is 1.28. The third-order valence-corrected chi connectivity index (χ3v) is 2.04. The lowest BCUT2D eigenvalue weighted by molar-refractivity contribution is 0.0594. The lowest BCUT2D eigenvalue weighted by Gasteiger charge is -1.93. The smallest absolute Gasteiger partial charge is 0.358 e. The number of ether oxygens (including phenoxy) is 1. The summed E-state index contributed by atoms with van der Waals surface area (Å²) in [5, 5.41) is 0. The van der Waals surface area contributed by atoms with Crippen molar-refractivity contribution in [3.05, 3.63) is 29.8 Å². The number of nitrogens with one attached hydrogen (secondary N) is 1. The molecule has 16 heavy (non-hydrogen) atoms. The lowest BCUT2D eigenvalue weighted by atomic mass is 10.3. The highest BCUT2D eigenvalue weighted by Gasteiger charge is 2.16. The van der Waals surface area contributed by atoms with Crippen molar-refractivity contribution in [3.63, 3.8) is 0 Å². The van der Waals surface area contributed by atoms with Gasteiger partial charge < -0.3 is 9.72 Å². The molecular weight excluding hydrogens is 208 g/mol. The number of carbonyl (C=O) groups excluding carboxylic acids is 1. The van der Waals surface area contributed by atoms with Gasteiger partial charge in [0, 0.05) is 18.1 Å². The molecule has 2 aromatic heterocycles. The second kappa shape index (κ2) is 4.09. The average molecular weight is 218 g/mol. The number of aromatic amines is 1. The Bertz CT molecular complexity index is 507. The minimum Gasteiger partial charge on any atom is -0.464 e. The van der Waals surface area contributed by atoms with E-state index >= 15 is 0 Å². The number of carbonyl (C=O) groups is 1. The molecule has 1 N–H and O–H groups in total. The summed E-state index contributed by atoms with van der Waals surface area (Å²) in [6, 6.07) is 1.71. The summed E-state index contributed by atoms with van der Waals surface area (Å²) < 4.78 is 4.60. The maximum absolute atomic E-state index is 11.3. The van der Waals surface area contributed by atoms with Crippen LogP contribution in [-0.2, 0) is 4.74 Å². The predicted octanol–water partition coefficient (Wildman–Crippen LogP) is 0.962. The van der Waals surface area contributed by atoms with Crippen LogP contribution in [-0.4, -0.2) is 33.0 Å². The first-order chi connectivity index (χ1) is 7.72. The minimum absolute atomic E-state index is 0.255. The number of nitrogens with zero attached hydrogens (tertiary/aromatic N) is 3. The van der Waals surface area contributed by atoms with E-state index < -0.39 is 5.97 Å². The molecule has 0 bridgehead atoms. The zero-order valence-electron chi connectivity index (χ0n) is 8.89. The van der Waals surface area contributed by atoms with Crippen molar-refractivity contribution in [1.82, 2.24) is 19.9 Å². The molecule has 0 radical (unpaired) electrons. The quantitative estimate of drug-likeness (QED) is 0.759. The first-order valence-corrected chi connectivity index (χ1v) is 4.64. The van der Waals surface area contributed by atoms with E-state index in [4.69, 9.17) is 0 Å². The van der Waals surface area contributed by atoms with Crippen molar-refractivity contribution in [2.24, 2.45) is 0 Å². The Morgan fingerprint density at radius 2 is 2.06 bits per heavy atom. The van der Waals surface area contributed by atoms with Gasteiger partial charge in [-0.05, 0) is 13.0 Å². The van der Waals surface area contributed by atoms with Crippen LogP contribution in [0.25, 0.3) is 11.6 Å². The third kappa shape index (κ3) is 1.77. The van der Waals surface area contributed by atoms with Crippen LogP contribution in [0.2, 0.25) is 0 Å². The summed E-state index contributed by atoms with van der Waals surface area (Å²) in [5.74, 6) is 0.426. The molecule has 0 aliphatic heterocycles. The summed E-state index contributed by atoms with van der Waals surface area (Å²) in [5.41, 5.74) is 0.888. The Kier molecular flexibility index (Phi) is 2.63. The number of hydrogen-bond donors (Lipinski definition) is 1. The highest BCUT2D eigenvalue weighted by atomic mass is 16.5. The molecule has 6 heteroatoms. The number of esters is 1. The van der Waals surface area contributed by atoms with Crippen molar-refractivity contribution in [2.75, 3.05) is 7.11 Å². The van der Waals surface area contributed by atoms with Crippen LogP contribution >= 0.6 is 0 Å². The molecule has 0 aliphatic carbocycles. The van der Waals surface area contributed by atoms with Gasteiger partial charge in [-0.25, -0.2) is 19.7 Å². The average Bonchev–Trinajstić information content (AvgIpc) is 2.71. The molecule has 0 fully saturated rings. The molecule has 82 valence electrons. The van der Waals surface area contributed by atoms with Crippen LogP contribution in [0.15, 0.2) is 18.5 Å². The standard InChI is InChI=1S/C10H10N4O2/c1-6-7(10(15)16-2)14-9(13-6)8-11-4-3-5-12-8/h3-5H,1-2H3,(H,13,14). The number of H-pyrrole nitrogens is 1. The highest BCUT2D eigenvalue weighted by Crippen LogP contribution is 2.13. The van der Waals surface area contributed by atoms with E-state index in [1.165, 1.54) is 7.11 Å². The molecule has 0 atom stereocenters. The van der Waals surface area contributed by atoms with Gasteiger partial charge in [0.1, 0.15) is 0 Å². The summed E-state index contributed by atoms with van der Waals surface area (Å²) in [7, 11) is 1.31. The molecule has 2 heterocycles. The fourth-order valence-electron chi connectivity index (χ4n) is 1.28. The predicted molar refractivity (Wildman–Crippen MR) is 55.7 cm³/mol. The molecule has 0 aliphatic rings. The van der Waals surface area contributed by atoms with Gasteiger partial charge >= 0.3 is 5.97 Å². The molecular formula is C10H10N4O2. The van der Waals surface area contributed by atoms with Crippen molar-refractivity contribution in [3.8, 4) is 11.6 Å². The molecule has 2 aromatic rings. The number of aryl methyl sites for hydroxylation is 1. The minimum atomic E-state index is -0.476. The topological polar surface area (TPSA) is 80.8 Å². The van der Waals surface area contributed by atoms with Gasteiger partial charge in [-0.2, -0.15) is 0 Å². The van der Waals surface area contributed by atoms with Crippen molar-refractivity contribution in [2.45, 2.75) is 6.92 Å². The molecule has 0 spiro atoms. The van der Waals surface area contributed by atoms with Crippen LogP contribution in [0.4, 0.5) is 0 Å². The first kappa shape index (κ1) is 10.3. The molecule has 0 unspecified atom stereocenters. The van der Waals surface area contributed by atoms with E-state index in [0.29, 0.717) is 17.3 Å². The first-order valence-electron chi connectivity index (χ1n) is 4.64. The van der Waals surface area contributed by atoms with Gasteiger partial charge in [0.05, 0.1) is 7.11 Å². The van der Waals surface area contributed by atoms with E-state index in [-0.39, 0.29) is 5.69 Å². The molecule has 0 aromatic carbocycles. The zero-order chi connectivity index (χ0) is 11.5. The van der Waals surface area contributed by atoms with Crippen LogP contribution < -0.4 is 0 Å². The second-order valence-electron chi connectivity index (χ2n) is 3.12. The number of imidazole rings is 1. The Balaban J connectivity index is 2.42. The normalized spacial score (nSPS) is 10.1. The SMILES string of the molecule is COC(=O)c1nc(-c2ncccn2)[nH]c1C. The van der Waals surface area contributed by atoms with Crippen molar-refractivity contribution in [1.29, 1.82) is 0 Å². The van der Waals surface area contributed by atoms with E-state index in [1.54, 1.807) is 25.4 Å². The van der Waals surface area contributed by atoms with E-state index in [0.717, 1.165) is 0 Å². The fraction of sp³-hybridized carbons (Fsp3) is 0.200. The van der Waals surface area contributed by atoms with Crippen molar-refractivity contribution < 1.29 is 9.53 Å². The van der Waals surface area contributed by atoms with Gasteiger partial charge in [0.15, 0.2) is 17.3 Å². The Morgan fingerprint density at radius 1 is 1.38 bits per heavy atom. The van der Waals surface area contributed by atoms with E-state index in [9.17, 15) is 4.79 Å². The Morgan fingerprint density at radius 3 is 2.69 bits per heavy atom. The van der Waals surface area contributed by atoms with E-state index in [2.05, 4.69) is 24.7 Å². The largest absolute Gasteiger partial charge is 0.464 e. The van der Waals surface area contributed by atoms with Gasteiger partial charge in [0.2, 0.25) is 0 Å².